The summed E-state index contributed by atoms with van der Waals surface area (Å²) in [6, 6.07) is 19.2. The average molecular weight is 346 g/mol. The Labute approximate surface area is 151 Å². The molecule has 2 N–H and O–H groups in total. The number of hydrazone groups is 2. The zero-order chi connectivity index (χ0) is 18.5. The number of benzene rings is 2. The van der Waals surface area contributed by atoms with E-state index in [9.17, 15) is 9.59 Å². The Balaban J connectivity index is 1.69. The summed E-state index contributed by atoms with van der Waals surface area (Å²) in [7, 11) is 0. The predicted molar refractivity (Wildman–Crippen MR) is 104 cm³/mol. The molecule has 0 aliphatic heterocycles. The first-order valence-corrected chi connectivity index (χ1v) is 7.85. The summed E-state index contributed by atoms with van der Waals surface area (Å²) in [5, 5.41) is 7.31. The van der Waals surface area contributed by atoms with Crippen LogP contribution in [-0.4, -0.2) is 24.2 Å². The van der Waals surface area contributed by atoms with Gasteiger partial charge in [-0.1, -0.05) is 72.8 Å². The first-order chi connectivity index (χ1) is 12.8. The number of hydrogen-bond acceptors (Lipinski definition) is 4. The highest BCUT2D eigenvalue weighted by atomic mass is 16.2. The monoisotopic (exact) mass is 346 g/mol. The van der Waals surface area contributed by atoms with Crippen molar-refractivity contribution in [3.8, 4) is 0 Å². The van der Waals surface area contributed by atoms with Crippen LogP contribution in [0.2, 0.25) is 0 Å². The molecule has 0 aliphatic carbocycles. The van der Waals surface area contributed by atoms with Crippen LogP contribution < -0.4 is 10.9 Å². The zero-order valence-corrected chi connectivity index (χ0v) is 13.9. The fourth-order valence-electron chi connectivity index (χ4n) is 1.82. The summed E-state index contributed by atoms with van der Waals surface area (Å²) in [4.78, 5) is 23.0. The van der Waals surface area contributed by atoms with Crippen LogP contribution in [0.25, 0.3) is 12.2 Å². The molecule has 130 valence electrons. The molecule has 2 amide bonds. The van der Waals surface area contributed by atoms with E-state index in [-0.39, 0.29) is 0 Å². The molecule has 2 rings (SSSR count). The van der Waals surface area contributed by atoms with E-state index in [1.807, 2.05) is 72.8 Å². The average Bonchev–Trinajstić information content (AvgIpc) is 2.68. The van der Waals surface area contributed by atoms with Crippen LogP contribution in [0.15, 0.2) is 83.0 Å². The Hall–Kier alpha value is -3.80. The summed E-state index contributed by atoms with van der Waals surface area (Å²) < 4.78 is 0. The maximum absolute atomic E-state index is 11.5. The topological polar surface area (TPSA) is 82.9 Å². The number of carbonyl (C=O) groups excluding carboxylic acids is 2. The number of amides is 2. The lowest BCUT2D eigenvalue weighted by molar-refractivity contribution is -0.139. The minimum atomic E-state index is -0.904. The van der Waals surface area contributed by atoms with Crippen LogP contribution in [0.5, 0.6) is 0 Å². The first-order valence-electron chi connectivity index (χ1n) is 7.85. The quantitative estimate of drug-likeness (QED) is 0.479. The third kappa shape index (κ3) is 7.18. The second-order valence-corrected chi connectivity index (χ2v) is 4.98. The molecule has 0 aliphatic rings. The van der Waals surface area contributed by atoms with E-state index >= 15 is 0 Å². The minimum absolute atomic E-state index is 0.904. The molecule has 0 saturated carbocycles. The van der Waals surface area contributed by atoms with Crippen molar-refractivity contribution in [2.45, 2.75) is 0 Å². The van der Waals surface area contributed by atoms with Crippen LogP contribution in [0.3, 0.4) is 0 Å². The molecule has 0 heterocycles. The van der Waals surface area contributed by atoms with Crippen LogP contribution in [0.4, 0.5) is 0 Å². The van der Waals surface area contributed by atoms with Gasteiger partial charge in [0.1, 0.15) is 0 Å². The van der Waals surface area contributed by atoms with Crippen molar-refractivity contribution < 1.29 is 9.59 Å². The van der Waals surface area contributed by atoms with Gasteiger partial charge in [-0.2, -0.15) is 10.2 Å². The number of nitrogens with zero attached hydrogens (tertiary/aromatic N) is 2. The van der Waals surface area contributed by atoms with Crippen molar-refractivity contribution in [3.63, 3.8) is 0 Å². The number of carbonyl (C=O) groups is 2. The number of rotatable bonds is 6. The molecule has 2 aromatic rings. The van der Waals surface area contributed by atoms with Crippen molar-refractivity contribution in [2.24, 2.45) is 10.2 Å². The second kappa shape index (κ2) is 10.9. The van der Waals surface area contributed by atoms with Gasteiger partial charge in [0.25, 0.3) is 0 Å². The number of hydrogen-bond donors (Lipinski definition) is 2. The van der Waals surface area contributed by atoms with Gasteiger partial charge in [-0.05, 0) is 23.3 Å². The van der Waals surface area contributed by atoms with Gasteiger partial charge < -0.3 is 0 Å². The molecule has 0 bridgehead atoms. The molecule has 6 nitrogen and oxygen atoms in total. The lowest BCUT2D eigenvalue weighted by Gasteiger charge is -1.96. The van der Waals surface area contributed by atoms with Crippen LogP contribution in [-0.2, 0) is 9.59 Å². The normalized spacial score (nSPS) is 11.5. The fraction of sp³-hybridized carbons (Fsp3) is 0. The standard InChI is InChI=1S/C20H18N4O2/c25-19(23-21-15-7-13-17-9-3-1-4-10-17)20(26)24-22-16-8-14-18-11-5-2-6-12-18/h1-16H,(H,23,25)(H,24,26)/b13-7+,14-8+,21-15-,22-16-. The fourth-order valence-corrected chi connectivity index (χ4v) is 1.82. The summed E-state index contributed by atoms with van der Waals surface area (Å²) in [5.41, 5.74) is 6.22. The van der Waals surface area contributed by atoms with Gasteiger partial charge in [-0.25, -0.2) is 10.9 Å². The van der Waals surface area contributed by atoms with E-state index in [0.29, 0.717) is 0 Å². The van der Waals surface area contributed by atoms with Crippen LogP contribution in [0, 0.1) is 0 Å². The molecule has 6 heteroatoms. The SMILES string of the molecule is O=C(N/N=C\C=C\c1ccccc1)C(=O)N/N=C\C=C\c1ccccc1. The third-order valence-corrected chi connectivity index (χ3v) is 3.04. The van der Waals surface area contributed by atoms with E-state index < -0.39 is 11.8 Å². The highest BCUT2D eigenvalue weighted by Gasteiger charge is 2.10. The van der Waals surface area contributed by atoms with Gasteiger partial charge in [0, 0.05) is 12.4 Å². The Kier molecular flexibility index (Phi) is 7.76. The van der Waals surface area contributed by atoms with E-state index in [4.69, 9.17) is 0 Å². The smallest absolute Gasteiger partial charge is 0.262 e. The molecular formula is C20H18N4O2. The summed E-state index contributed by atoms with van der Waals surface area (Å²) >= 11 is 0. The van der Waals surface area contributed by atoms with Crippen molar-refractivity contribution in [1.29, 1.82) is 0 Å². The largest absolute Gasteiger partial charge is 0.331 e. The zero-order valence-electron chi connectivity index (χ0n) is 13.9. The van der Waals surface area contributed by atoms with Gasteiger partial charge in [0.2, 0.25) is 0 Å². The Bertz CT molecular complexity index is 754. The lowest BCUT2D eigenvalue weighted by atomic mass is 10.2. The molecule has 26 heavy (non-hydrogen) atoms. The van der Waals surface area contributed by atoms with E-state index in [1.54, 1.807) is 12.2 Å². The van der Waals surface area contributed by atoms with Crippen LogP contribution >= 0.6 is 0 Å². The third-order valence-electron chi connectivity index (χ3n) is 3.04. The molecule has 0 aromatic heterocycles. The lowest BCUT2D eigenvalue weighted by Crippen LogP contribution is -2.35. The van der Waals surface area contributed by atoms with E-state index in [1.165, 1.54) is 12.4 Å². The first kappa shape index (κ1) is 18.5. The Morgan fingerprint density at radius 3 is 1.42 bits per heavy atom. The number of nitrogens with one attached hydrogen (secondary N) is 2. The van der Waals surface area contributed by atoms with Crippen LogP contribution in [0.1, 0.15) is 11.1 Å². The molecule has 0 saturated heterocycles. The highest BCUT2D eigenvalue weighted by Crippen LogP contribution is 2.00. The highest BCUT2D eigenvalue weighted by molar-refractivity contribution is 6.35. The minimum Gasteiger partial charge on any atom is -0.262 e. The van der Waals surface area contributed by atoms with Gasteiger partial charge in [-0.15, -0.1) is 0 Å². The summed E-state index contributed by atoms with van der Waals surface area (Å²) in [6.07, 6.45) is 9.70. The van der Waals surface area contributed by atoms with Crippen molar-refractivity contribution >= 4 is 36.4 Å². The molecule has 0 radical (unpaired) electrons. The molecule has 0 fully saturated rings. The summed E-state index contributed by atoms with van der Waals surface area (Å²) in [5.74, 6) is -1.81. The molecular weight excluding hydrogens is 328 g/mol. The van der Waals surface area contributed by atoms with Crippen molar-refractivity contribution in [3.05, 3.63) is 83.9 Å². The van der Waals surface area contributed by atoms with E-state index in [2.05, 4.69) is 21.1 Å². The molecule has 0 atom stereocenters. The Morgan fingerprint density at radius 2 is 1.04 bits per heavy atom. The maximum atomic E-state index is 11.5. The van der Waals surface area contributed by atoms with Gasteiger partial charge in [0.15, 0.2) is 0 Å². The van der Waals surface area contributed by atoms with Crippen molar-refractivity contribution in [2.75, 3.05) is 0 Å². The molecule has 0 unspecified atom stereocenters. The van der Waals surface area contributed by atoms with Gasteiger partial charge >= 0.3 is 11.8 Å². The maximum Gasteiger partial charge on any atom is 0.331 e. The number of allylic oxidation sites excluding steroid dienone is 2. The van der Waals surface area contributed by atoms with Gasteiger partial charge in [-0.3, -0.25) is 9.59 Å². The molecule has 2 aromatic carbocycles. The molecule has 0 spiro atoms. The predicted octanol–water partition coefficient (Wildman–Crippen LogP) is 2.62. The Morgan fingerprint density at radius 1 is 0.654 bits per heavy atom. The van der Waals surface area contributed by atoms with E-state index in [0.717, 1.165) is 11.1 Å². The van der Waals surface area contributed by atoms with Crippen molar-refractivity contribution in [1.82, 2.24) is 10.9 Å². The van der Waals surface area contributed by atoms with Gasteiger partial charge in [0.05, 0.1) is 0 Å². The summed E-state index contributed by atoms with van der Waals surface area (Å²) in [6.45, 7) is 0. The second-order valence-electron chi connectivity index (χ2n) is 4.98.